The standard InChI is InChI=1S/C13H17NO4S2/c1-8-6-11(10(3)18-8)9(2)14-20(16,17)13-4-5-19-12(13)7-15/h4-6,9,14-15H,7H2,1-3H3. The van der Waals surface area contributed by atoms with Crippen molar-refractivity contribution in [3.8, 4) is 0 Å². The van der Waals surface area contributed by atoms with E-state index in [9.17, 15) is 13.5 Å². The van der Waals surface area contributed by atoms with Gasteiger partial charge in [-0.3, -0.25) is 0 Å². The number of hydrogen-bond acceptors (Lipinski definition) is 5. The number of nitrogens with one attached hydrogen (secondary N) is 1. The summed E-state index contributed by atoms with van der Waals surface area (Å²) in [5.41, 5.74) is 0.812. The molecule has 2 rings (SSSR count). The first-order chi connectivity index (χ1) is 9.35. The number of thiophene rings is 1. The van der Waals surface area contributed by atoms with E-state index in [0.717, 1.165) is 11.3 Å². The molecular formula is C13H17NO4S2. The van der Waals surface area contributed by atoms with Crippen molar-refractivity contribution in [3.05, 3.63) is 39.5 Å². The molecule has 0 aliphatic heterocycles. The number of rotatable bonds is 5. The van der Waals surface area contributed by atoms with Crippen molar-refractivity contribution in [2.24, 2.45) is 0 Å². The quantitative estimate of drug-likeness (QED) is 0.888. The van der Waals surface area contributed by atoms with Crippen LogP contribution in [-0.2, 0) is 16.6 Å². The molecule has 0 spiro atoms. The van der Waals surface area contributed by atoms with Gasteiger partial charge in [-0.05, 0) is 38.3 Å². The molecule has 1 unspecified atom stereocenters. The van der Waals surface area contributed by atoms with E-state index in [1.54, 1.807) is 19.2 Å². The van der Waals surface area contributed by atoms with E-state index in [-0.39, 0.29) is 11.5 Å². The Hall–Kier alpha value is -1.15. The Bertz CT molecular complexity index is 700. The lowest BCUT2D eigenvalue weighted by molar-refractivity contribution is 0.282. The van der Waals surface area contributed by atoms with E-state index in [1.165, 1.54) is 17.4 Å². The van der Waals surface area contributed by atoms with Crippen LogP contribution < -0.4 is 4.72 Å². The monoisotopic (exact) mass is 315 g/mol. The molecule has 0 aliphatic rings. The lowest BCUT2D eigenvalue weighted by atomic mass is 10.1. The highest BCUT2D eigenvalue weighted by atomic mass is 32.2. The second-order valence-electron chi connectivity index (χ2n) is 4.58. The first kappa shape index (κ1) is 15.2. The molecule has 20 heavy (non-hydrogen) atoms. The van der Waals surface area contributed by atoms with Crippen molar-refractivity contribution < 1.29 is 17.9 Å². The van der Waals surface area contributed by atoms with Crippen LogP contribution in [0.3, 0.4) is 0 Å². The van der Waals surface area contributed by atoms with Gasteiger partial charge < -0.3 is 9.52 Å². The van der Waals surface area contributed by atoms with Crippen molar-refractivity contribution >= 4 is 21.4 Å². The molecule has 0 aliphatic carbocycles. The average Bonchev–Trinajstić information content (AvgIpc) is 2.94. The highest BCUT2D eigenvalue weighted by Crippen LogP contribution is 2.26. The van der Waals surface area contributed by atoms with Gasteiger partial charge in [-0.1, -0.05) is 0 Å². The van der Waals surface area contributed by atoms with Crippen LogP contribution in [0.1, 0.15) is 34.9 Å². The SMILES string of the molecule is Cc1cc(C(C)NS(=O)(=O)c2ccsc2CO)c(C)o1. The molecule has 2 heterocycles. The molecule has 2 aromatic rings. The molecule has 0 fully saturated rings. The van der Waals surface area contributed by atoms with Crippen molar-refractivity contribution in [1.82, 2.24) is 4.72 Å². The molecule has 2 aromatic heterocycles. The van der Waals surface area contributed by atoms with Gasteiger partial charge in [-0.2, -0.15) is 0 Å². The van der Waals surface area contributed by atoms with Gasteiger partial charge in [-0.15, -0.1) is 11.3 Å². The van der Waals surface area contributed by atoms with Crippen LogP contribution in [0.25, 0.3) is 0 Å². The fraction of sp³-hybridized carbons (Fsp3) is 0.385. The number of aliphatic hydroxyl groups excluding tert-OH is 1. The smallest absolute Gasteiger partial charge is 0.242 e. The van der Waals surface area contributed by atoms with Crippen LogP contribution in [-0.4, -0.2) is 13.5 Å². The van der Waals surface area contributed by atoms with Gasteiger partial charge in [-0.25, -0.2) is 13.1 Å². The van der Waals surface area contributed by atoms with Crippen molar-refractivity contribution in [2.45, 2.75) is 38.3 Å². The second-order valence-corrected chi connectivity index (χ2v) is 7.26. The molecule has 0 radical (unpaired) electrons. The van der Waals surface area contributed by atoms with Gasteiger partial charge in [0.2, 0.25) is 10.0 Å². The molecule has 0 amide bonds. The second kappa shape index (κ2) is 5.69. The summed E-state index contributed by atoms with van der Waals surface area (Å²) in [6.07, 6.45) is 0. The predicted octanol–water partition coefficient (Wildman–Crippen LogP) is 2.49. The Balaban J connectivity index is 2.27. The third kappa shape index (κ3) is 2.95. The summed E-state index contributed by atoms with van der Waals surface area (Å²) < 4.78 is 32.7. The Morgan fingerprint density at radius 3 is 2.70 bits per heavy atom. The number of aliphatic hydroxyl groups is 1. The Morgan fingerprint density at radius 1 is 1.45 bits per heavy atom. The summed E-state index contributed by atoms with van der Waals surface area (Å²) in [5, 5.41) is 10.8. The Morgan fingerprint density at radius 2 is 2.15 bits per heavy atom. The number of hydrogen-bond donors (Lipinski definition) is 2. The molecule has 110 valence electrons. The van der Waals surface area contributed by atoms with Crippen molar-refractivity contribution in [3.63, 3.8) is 0 Å². The summed E-state index contributed by atoms with van der Waals surface area (Å²) in [6, 6.07) is 2.92. The Labute approximate surface area is 122 Å². The zero-order chi connectivity index (χ0) is 14.9. The van der Waals surface area contributed by atoms with Crippen LogP contribution in [0.2, 0.25) is 0 Å². The molecule has 0 saturated carbocycles. The lowest BCUT2D eigenvalue weighted by Crippen LogP contribution is -2.27. The van der Waals surface area contributed by atoms with Crippen molar-refractivity contribution in [1.29, 1.82) is 0 Å². The molecular weight excluding hydrogens is 298 g/mol. The summed E-state index contributed by atoms with van der Waals surface area (Å²) in [6.45, 7) is 5.10. The molecule has 0 aromatic carbocycles. The van der Waals surface area contributed by atoms with Gasteiger partial charge >= 0.3 is 0 Å². The van der Waals surface area contributed by atoms with E-state index in [0.29, 0.717) is 10.6 Å². The zero-order valence-electron chi connectivity index (χ0n) is 11.5. The lowest BCUT2D eigenvalue weighted by Gasteiger charge is -2.13. The Kier molecular flexibility index (Phi) is 4.33. The fourth-order valence-electron chi connectivity index (χ4n) is 2.12. The largest absolute Gasteiger partial charge is 0.466 e. The van der Waals surface area contributed by atoms with Gasteiger partial charge in [0.1, 0.15) is 11.5 Å². The highest BCUT2D eigenvalue weighted by molar-refractivity contribution is 7.89. The van der Waals surface area contributed by atoms with Crippen molar-refractivity contribution in [2.75, 3.05) is 0 Å². The maximum Gasteiger partial charge on any atom is 0.242 e. The van der Waals surface area contributed by atoms with Gasteiger partial charge in [0.15, 0.2) is 0 Å². The molecule has 0 saturated heterocycles. The van der Waals surface area contributed by atoms with Gasteiger partial charge in [0.05, 0.1) is 11.5 Å². The predicted molar refractivity (Wildman–Crippen MR) is 77.2 cm³/mol. The topological polar surface area (TPSA) is 79.5 Å². The number of sulfonamides is 1. The zero-order valence-corrected chi connectivity index (χ0v) is 13.1. The summed E-state index contributed by atoms with van der Waals surface area (Å²) >= 11 is 1.22. The van der Waals surface area contributed by atoms with E-state index in [4.69, 9.17) is 4.42 Å². The highest BCUT2D eigenvalue weighted by Gasteiger charge is 2.24. The van der Waals surface area contributed by atoms with Crippen LogP contribution >= 0.6 is 11.3 Å². The first-order valence-electron chi connectivity index (χ1n) is 6.11. The minimum atomic E-state index is -3.66. The minimum Gasteiger partial charge on any atom is -0.466 e. The van der Waals surface area contributed by atoms with E-state index < -0.39 is 16.1 Å². The maximum atomic E-state index is 12.3. The normalized spacial score (nSPS) is 13.6. The molecule has 5 nitrogen and oxygen atoms in total. The van der Waals surface area contributed by atoms with Gasteiger partial charge in [0, 0.05) is 16.5 Å². The molecule has 7 heteroatoms. The molecule has 0 bridgehead atoms. The molecule has 1 atom stereocenters. The minimum absolute atomic E-state index is 0.134. The van der Waals surface area contributed by atoms with Crippen LogP contribution in [0.4, 0.5) is 0 Å². The van der Waals surface area contributed by atoms with Gasteiger partial charge in [0.25, 0.3) is 0 Å². The summed E-state index contributed by atoms with van der Waals surface area (Å²) in [7, 11) is -3.66. The van der Waals surface area contributed by atoms with Crippen LogP contribution in [0.15, 0.2) is 26.8 Å². The molecule has 2 N–H and O–H groups in total. The average molecular weight is 315 g/mol. The third-order valence-electron chi connectivity index (χ3n) is 3.02. The van der Waals surface area contributed by atoms with Crippen LogP contribution in [0, 0.1) is 13.8 Å². The number of aryl methyl sites for hydroxylation is 2. The van der Waals surface area contributed by atoms with E-state index >= 15 is 0 Å². The van der Waals surface area contributed by atoms with E-state index in [1.807, 2.05) is 13.0 Å². The summed E-state index contributed by atoms with van der Waals surface area (Å²) in [4.78, 5) is 0.569. The third-order valence-corrected chi connectivity index (χ3v) is 5.68. The maximum absolute atomic E-state index is 12.3. The fourth-order valence-corrected chi connectivity index (χ4v) is 4.64. The summed E-state index contributed by atoms with van der Waals surface area (Å²) in [5.74, 6) is 1.44. The number of furan rings is 1. The first-order valence-corrected chi connectivity index (χ1v) is 8.48. The van der Waals surface area contributed by atoms with E-state index in [2.05, 4.69) is 4.72 Å². The van der Waals surface area contributed by atoms with Crippen LogP contribution in [0.5, 0.6) is 0 Å².